The molecular formula is C11H9F3N2O2. The van der Waals surface area contributed by atoms with Crippen LogP contribution < -0.4 is 10.1 Å². The third-order valence-corrected chi connectivity index (χ3v) is 1.93. The first kappa shape index (κ1) is 13.8. The molecule has 1 amide bonds. The highest BCUT2D eigenvalue weighted by Crippen LogP contribution is 2.24. The fourth-order valence-corrected chi connectivity index (χ4v) is 1.17. The molecular weight excluding hydrogens is 249 g/mol. The maximum Gasteiger partial charge on any atom is 0.471 e. The fourth-order valence-electron chi connectivity index (χ4n) is 1.17. The van der Waals surface area contributed by atoms with Crippen LogP contribution in [0.4, 0.5) is 18.9 Å². The number of carbonyl (C=O) groups excluding carboxylic acids is 1. The number of hydrogen-bond acceptors (Lipinski definition) is 3. The minimum Gasteiger partial charge on any atom is -0.494 e. The average molecular weight is 258 g/mol. The summed E-state index contributed by atoms with van der Waals surface area (Å²) >= 11 is 0. The molecule has 1 aromatic carbocycles. The third kappa shape index (κ3) is 3.38. The number of anilines is 1. The number of amides is 1. The van der Waals surface area contributed by atoms with Gasteiger partial charge >= 0.3 is 12.1 Å². The number of nitriles is 1. The predicted octanol–water partition coefficient (Wildman–Crippen LogP) is 2.46. The summed E-state index contributed by atoms with van der Waals surface area (Å²) in [5.41, 5.74) is -0.304. The van der Waals surface area contributed by atoms with Crippen LogP contribution in [0.5, 0.6) is 5.75 Å². The van der Waals surface area contributed by atoms with Gasteiger partial charge in [0.1, 0.15) is 11.8 Å². The van der Waals surface area contributed by atoms with Gasteiger partial charge in [-0.15, -0.1) is 0 Å². The van der Waals surface area contributed by atoms with Crippen molar-refractivity contribution < 1.29 is 22.7 Å². The first-order valence-electron chi connectivity index (χ1n) is 4.93. The average Bonchev–Trinajstić information content (AvgIpc) is 2.30. The van der Waals surface area contributed by atoms with Crippen LogP contribution in [0.1, 0.15) is 12.5 Å². The van der Waals surface area contributed by atoms with E-state index in [1.54, 1.807) is 18.3 Å². The molecule has 0 bridgehead atoms. The van der Waals surface area contributed by atoms with E-state index in [-0.39, 0.29) is 11.3 Å². The monoisotopic (exact) mass is 258 g/mol. The van der Waals surface area contributed by atoms with Crippen molar-refractivity contribution in [3.63, 3.8) is 0 Å². The maximum absolute atomic E-state index is 12.1. The summed E-state index contributed by atoms with van der Waals surface area (Å²) in [7, 11) is 0. The Hall–Kier alpha value is -2.23. The zero-order valence-electron chi connectivity index (χ0n) is 9.34. The van der Waals surface area contributed by atoms with Crippen molar-refractivity contribution in [2.24, 2.45) is 0 Å². The number of rotatable bonds is 3. The van der Waals surface area contributed by atoms with Crippen LogP contribution in [0.15, 0.2) is 18.2 Å². The van der Waals surface area contributed by atoms with Gasteiger partial charge in [0, 0.05) is 0 Å². The van der Waals surface area contributed by atoms with Crippen molar-refractivity contribution in [3.05, 3.63) is 23.8 Å². The molecule has 18 heavy (non-hydrogen) atoms. The van der Waals surface area contributed by atoms with E-state index in [0.717, 1.165) is 0 Å². The second-order valence-electron chi connectivity index (χ2n) is 3.20. The van der Waals surface area contributed by atoms with Crippen LogP contribution in [-0.4, -0.2) is 18.7 Å². The molecule has 7 heteroatoms. The number of benzene rings is 1. The predicted molar refractivity (Wildman–Crippen MR) is 57.0 cm³/mol. The number of alkyl halides is 3. The molecule has 0 unspecified atom stereocenters. The number of nitrogens with zero attached hydrogens (tertiary/aromatic N) is 1. The lowest BCUT2D eigenvalue weighted by Crippen LogP contribution is -2.30. The Kier molecular flexibility index (Phi) is 4.15. The molecule has 0 fully saturated rings. The van der Waals surface area contributed by atoms with Gasteiger partial charge in [-0.1, -0.05) is 0 Å². The molecule has 1 rings (SSSR count). The van der Waals surface area contributed by atoms with E-state index in [1.807, 2.05) is 0 Å². The summed E-state index contributed by atoms with van der Waals surface area (Å²) in [4.78, 5) is 10.7. The lowest BCUT2D eigenvalue weighted by Gasteiger charge is -2.10. The lowest BCUT2D eigenvalue weighted by atomic mass is 10.2. The van der Waals surface area contributed by atoms with E-state index in [2.05, 4.69) is 0 Å². The molecule has 0 aliphatic carbocycles. The van der Waals surface area contributed by atoms with Gasteiger partial charge in [-0.25, -0.2) is 0 Å². The van der Waals surface area contributed by atoms with Crippen LogP contribution in [0.3, 0.4) is 0 Å². The van der Waals surface area contributed by atoms with Crippen molar-refractivity contribution in [3.8, 4) is 11.8 Å². The lowest BCUT2D eigenvalue weighted by molar-refractivity contribution is -0.167. The van der Waals surface area contributed by atoms with Crippen molar-refractivity contribution in [2.45, 2.75) is 13.1 Å². The van der Waals surface area contributed by atoms with Crippen molar-refractivity contribution in [1.82, 2.24) is 0 Å². The van der Waals surface area contributed by atoms with Gasteiger partial charge in [0.05, 0.1) is 17.9 Å². The van der Waals surface area contributed by atoms with E-state index in [4.69, 9.17) is 10.00 Å². The minimum atomic E-state index is -4.99. The van der Waals surface area contributed by atoms with Crippen molar-refractivity contribution in [1.29, 1.82) is 5.26 Å². The second kappa shape index (κ2) is 5.40. The van der Waals surface area contributed by atoms with E-state index >= 15 is 0 Å². The quantitative estimate of drug-likeness (QED) is 0.905. The molecule has 96 valence electrons. The Bertz CT molecular complexity index is 492. The molecule has 0 radical (unpaired) electrons. The zero-order chi connectivity index (χ0) is 13.8. The standard InChI is InChI=1S/C11H9F3N2O2/c1-2-18-8-3-4-9(7(5-8)6-15)16-10(17)11(12,13)14/h3-5H,2H2,1H3,(H,16,17). The molecule has 0 spiro atoms. The van der Waals surface area contributed by atoms with Gasteiger partial charge in [0.15, 0.2) is 0 Å². The Morgan fingerprint density at radius 1 is 1.50 bits per heavy atom. The number of ether oxygens (including phenoxy) is 1. The Morgan fingerprint density at radius 2 is 2.17 bits per heavy atom. The molecule has 1 aromatic rings. The Balaban J connectivity index is 2.97. The highest BCUT2D eigenvalue weighted by atomic mass is 19.4. The molecule has 1 N–H and O–H groups in total. The van der Waals surface area contributed by atoms with Crippen molar-refractivity contribution >= 4 is 11.6 Å². The summed E-state index contributed by atoms with van der Waals surface area (Å²) in [6.45, 7) is 2.09. The summed E-state index contributed by atoms with van der Waals surface area (Å²) in [5.74, 6) is -1.78. The number of hydrogen-bond donors (Lipinski definition) is 1. The van der Waals surface area contributed by atoms with Crippen LogP contribution >= 0.6 is 0 Å². The largest absolute Gasteiger partial charge is 0.494 e. The van der Waals surface area contributed by atoms with E-state index in [0.29, 0.717) is 12.4 Å². The summed E-state index contributed by atoms with van der Waals surface area (Å²) in [6, 6.07) is 5.51. The highest BCUT2D eigenvalue weighted by Gasteiger charge is 2.38. The molecule has 0 aliphatic heterocycles. The van der Waals surface area contributed by atoms with E-state index < -0.39 is 12.1 Å². The molecule has 0 aromatic heterocycles. The highest BCUT2D eigenvalue weighted by molar-refractivity contribution is 5.96. The van der Waals surface area contributed by atoms with Gasteiger partial charge in [0.25, 0.3) is 0 Å². The summed E-state index contributed by atoms with van der Waals surface area (Å²) < 4.78 is 41.2. The van der Waals surface area contributed by atoms with Crippen molar-refractivity contribution in [2.75, 3.05) is 11.9 Å². The number of carbonyl (C=O) groups is 1. The smallest absolute Gasteiger partial charge is 0.471 e. The molecule has 0 saturated heterocycles. The van der Waals surface area contributed by atoms with Gasteiger partial charge in [-0.2, -0.15) is 18.4 Å². The SMILES string of the molecule is CCOc1ccc(NC(=O)C(F)(F)F)c(C#N)c1. The first-order valence-corrected chi connectivity index (χ1v) is 4.93. The normalized spacial score (nSPS) is 10.6. The third-order valence-electron chi connectivity index (χ3n) is 1.93. The maximum atomic E-state index is 12.1. The molecule has 0 saturated carbocycles. The Morgan fingerprint density at radius 3 is 2.67 bits per heavy atom. The van der Waals surface area contributed by atoms with Crippen LogP contribution in [0.25, 0.3) is 0 Å². The van der Waals surface area contributed by atoms with E-state index in [1.165, 1.54) is 18.2 Å². The topological polar surface area (TPSA) is 62.1 Å². The number of nitrogens with one attached hydrogen (secondary N) is 1. The van der Waals surface area contributed by atoms with Gasteiger partial charge in [0.2, 0.25) is 0 Å². The van der Waals surface area contributed by atoms with Gasteiger partial charge in [-0.05, 0) is 25.1 Å². The van der Waals surface area contributed by atoms with E-state index in [9.17, 15) is 18.0 Å². The minimum absolute atomic E-state index is 0.0986. The molecule has 0 atom stereocenters. The number of halogens is 3. The van der Waals surface area contributed by atoms with Crippen LogP contribution in [-0.2, 0) is 4.79 Å². The Labute approximate surface area is 101 Å². The molecule has 0 aliphatic rings. The summed E-state index contributed by atoms with van der Waals surface area (Å²) in [5, 5.41) is 10.4. The van der Waals surface area contributed by atoms with Crippen LogP contribution in [0.2, 0.25) is 0 Å². The second-order valence-corrected chi connectivity index (χ2v) is 3.20. The summed E-state index contributed by atoms with van der Waals surface area (Å²) in [6.07, 6.45) is -4.99. The fraction of sp³-hybridized carbons (Fsp3) is 0.273. The van der Waals surface area contributed by atoms with Crippen LogP contribution in [0, 0.1) is 11.3 Å². The van der Waals surface area contributed by atoms with Gasteiger partial charge < -0.3 is 10.1 Å². The molecule has 0 heterocycles. The first-order chi connectivity index (χ1) is 8.38. The zero-order valence-corrected chi connectivity index (χ0v) is 9.34. The van der Waals surface area contributed by atoms with Gasteiger partial charge in [-0.3, -0.25) is 4.79 Å². The molecule has 4 nitrogen and oxygen atoms in total.